The van der Waals surface area contributed by atoms with Gasteiger partial charge in [0.2, 0.25) is 0 Å². The molecular weight excluding hydrogens is 200 g/mol. The highest BCUT2D eigenvalue weighted by molar-refractivity contribution is 5.91. The van der Waals surface area contributed by atoms with E-state index >= 15 is 0 Å². The summed E-state index contributed by atoms with van der Waals surface area (Å²) < 4.78 is 0. The van der Waals surface area contributed by atoms with Crippen molar-refractivity contribution in [3.8, 4) is 0 Å². The Kier molecular flexibility index (Phi) is 6.52. The number of carbonyl (C=O) groups excluding carboxylic acids is 2. The molecule has 0 bridgehead atoms. The van der Waals surface area contributed by atoms with Gasteiger partial charge in [-0.05, 0) is 6.08 Å². The number of amides is 1. The summed E-state index contributed by atoms with van der Waals surface area (Å²) in [5, 5.41) is 17.9. The maximum Gasteiger partial charge on any atom is 0.259 e. The van der Waals surface area contributed by atoms with Crippen LogP contribution in [-0.4, -0.2) is 40.3 Å². The van der Waals surface area contributed by atoms with Crippen molar-refractivity contribution in [2.45, 2.75) is 13.8 Å². The van der Waals surface area contributed by atoms with Crippen molar-refractivity contribution in [1.82, 2.24) is 10.5 Å². The molecule has 0 spiro atoms. The van der Waals surface area contributed by atoms with Crippen LogP contribution in [0.1, 0.15) is 13.8 Å². The quantitative estimate of drug-likeness (QED) is 0.329. The van der Waals surface area contributed by atoms with Gasteiger partial charge in [-0.25, -0.2) is 5.48 Å². The van der Waals surface area contributed by atoms with Gasteiger partial charge in [-0.1, -0.05) is 19.9 Å². The third kappa shape index (κ3) is 6.78. The van der Waals surface area contributed by atoms with Crippen LogP contribution in [0.3, 0.4) is 0 Å². The third-order valence-corrected chi connectivity index (χ3v) is 1.62. The summed E-state index contributed by atoms with van der Waals surface area (Å²) in [5.74, 6) is -0.856. The van der Waals surface area contributed by atoms with E-state index in [1.165, 1.54) is 17.6 Å². The maximum atomic E-state index is 11.1. The second kappa shape index (κ2) is 7.10. The molecule has 0 aromatic carbocycles. The molecule has 0 aliphatic rings. The van der Waals surface area contributed by atoms with Crippen LogP contribution in [0, 0.1) is 5.92 Å². The minimum absolute atomic E-state index is 0.0463. The minimum Gasteiger partial charge on any atom is -0.313 e. The Hall–Kier alpha value is -1.24. The molecule has 15 heavy (non-hydrogen) atoms. The van der Waals surface area contributed by atoms with Crippen molar-refractivity contribution in [1.29, 1.82) is 0 Å². The number of hydrogen-bond donors (Lipinski definition) is 3. The molecule has 0 atom stereocenters. The minimum atomic E-state index is -0.721. The maximum absolute atomic E-state index is 11.1. The van der Waals surface area contributed by atoms with Gasteiger partial charge in [0.1, 0.15) is 6.54 Å². The molecular formula is C9H16N2O4. The Morgan fingerprint density at radius 1 is 1.47 bits per heavy atom. The van der Waals surface area contributed by atoms with E-state index in [1.54, 1.807) is 13.8 Å². The molecule has 6 nitrogen and oxygen atoms in total. The third-order valence-electron chi connectivity index (χ3n) is 1.62. The molecule has 3 N–H and O–H groups in total. The molecule has 0 saturated carbocycles. The summed E-state index contributed by atoms with van der Waals surface area (Å²) in [6.07, 6.45) is 2.80. The topological polar surface area (TPSA) is 89.9 Å². The molecule has 0 heterocycles. The molecule has 0 aliphatic heterocycles. The van der Waals surface area contributed by atoms with Crippen LogP contribution in [0.4, 0.5) is 0 Å². The van der Waals surface area contributed by atoms with E-state index in [9.17, 15) is 9.59 Å². The Morgan fingerprint density at radius 2 is 2.07 bits per heavy atom. The largest absolute Gasteiger partial charge is 0.313 e. The molecule has 0 saturated heterocycles. The first kappa shape index (κ1) is 13.8. The van der Waals surface area contributed by atoms with Crippen molar-refractivity contribution in [2.24, 2.45) is 5.92 Å². The summed E-state index contributed by atoms with van der Waals surface area (Å²) >= 11 is 0. The highest BCUT2D eigenvalue weighted by atomic mass is 16.5. The highest BCUT2D eigenvalue weighted by Gasteiger charge is 2.05. The Bertz CT molecular complexity index is 250. The zero-order valence-corrected chi connectivity index (χ0v) is 8.80. The van der Waals surface area contributed by atoms with Gasteiger partial charge >= 0.3 is 0 Å². The standard InChI is InChI=1S/C9H16N2O4/c1-7(2)8(12)4-3-5-11(15)6-9(13)10-14/h3-4,7,14-15H,5-6H2,1-2H3,(H,10,13)/b4-3+. The van der Waals surface area contributed by atoms with Gasteiger partial charge in [-0.15, -0.1) is 0 Å². The molecule has 1 amide bonds. The fraction of sp³-hybridized carbons (Fsp3) is 0.556. The lowest BCUT2D eigenvalue weighted by molar-refractivity contribution is -0.143. The van der Waals surface area contributed by atoms with Crippen molar-refractivity contribution < 1.29 is 20.0 Å². The van der Waals surface area contributed by atoms with Gasteiger partial charge < -0.3 is 5.21 Å². The van der Waals surface area contributed by atoms with Crippen LogP contribution in [0.25, 0.3) is 0 Å². The molecule has 0 aliphatic carbocycles. The lowest BCUT2D eigenvalue weighted by Gasteiger charge is -2.09. The molecule has 0 aromatic rings. The van der Waals surface area contributed by atoms with Crippen LogP contribution in [0.15, 0.2) is 12.2 Å². The van der Waals surface area contributed by atoms with E-state index in [0.717, 1.165) is 0 Å². The second-order valence-corrected chi connectivity index (χ2v) is 3.34. The highest BCUT2D eigenvalue weighted by Crippen LogP contribution is 1.95. The summed E-state index contributed by atoms with van der Waals surface area (Å²) in [4.78, 5) is 21.7. The molecule has 0 rings (SSSR count). The number of nitrogens with zero attached hydrogens (tertiary/aromatic N) is 1. The molecule has 6 heteroatoms. The number of allylic oxidation sites excluding steroid dienone is 1. The summed E-state index contributed by atoms with van der Waals surface area (Å²) in [6.45, 7) is 3.23. The molecule has 0 unspecified atom stereocenters. The number of rotatable bonds is 6. The van der Waals surface area contributed by atoms with E-state index in [2.05, 4.69) is 0 Å². The Balaban J connectivity index is 3.85. The molecule has 0 radical (unpaired) electrons. The van der Waals surface area contributed by atoms with E-state index in [1.807, 2.05) is 0 Å². The first-order chi connectivity index (χ1) is 6.97. The van der Waals surface area contributed by atoms with Crippen molar-refractivity contribution in [2.75, 3.05) is 13.1 Å². The van der Waals surface area contributed by atoms with E-state index in [4.69, 9.17) is 10.4 Å². The van der Waals surface area contributed by atoms with E-state index in [0.29, 0.717) is 5.06 Å². The zero-order valence-electron chi connectivity index (χ0n) is 8.80. The number of hydroxylamine groups is 3. The zero-order chi connectivity index (χ0) is 11.8. The van der Waals surface area contributed by atoms with Crippen LogP contribution in [0.2, 0.25) is 0 Å². The van der Waals surface area contributed by atoms with E-state index < -0.39 is 5.91 Å². The van der Waals surface area contributed by atoms with Gasteiger partial charge in [0.15, 0.2) is 5.78 Å². The van der Waals surface area contributed by atoms with Gasteiger partial charge in [0, 0.05) is 12.5 Å². The van der Waals surface area contributed by atoms with Gasteiger partial charge in [-0.2, -0.15) is 5.06 Å². The number of nitrogens with one attached hydrogen (secondary N) is 1. The Morgan fingerprint density at radius 3 is 2.53 bits per heavy atom. The van der Waals surface area contributed by atoms with Gasteiger partial charge in [0.05, 0.1) is 0 Å². The summed E-state index contributed by atoms with van der Waals surface area (Å²) in [5.41, 5.74) is 1.38. The van der Waals surface area contributed by atoms with Crippen LogP contribution in [0.5, 0.6) is 0 Å². The predicted molar refractivity (Wildman–Crippen MR) is 52.3 cm³/mol. The smallest absolute Gasteiger partial charge is 0.259 e. The molecule has 0 aromatic heterocycles. The average molecular weight is 216 g/mol. The second-order valence-electron chi connectivity index (χ2n) is 3.34. The van der Waals surface area contributed by atoms with Crippen molar-refractivity contribution in [3.05, 3.63) is 12.2 Å². The van der Waals surface area contributed by atoms with Crippen LogP contribution >= 0.6 is 0 Å². The fourth-order valence-electron chi connectivity index (χ4n) is 0.749. The normalized spacial score (nSPS) is 11.3. The summed E-state index contributed by atoms with van der Waals surface area (Å²) in [7, 11) is 0. The van der Waals surface area contributed by atoms with Crippen molar-refractivity contribution >= 4 is 11.7 Å². The first-order valence-corrected chi connectivity index (χ1v) is 4.54. The number of hydrogen-bond acceptors (Lipinski definition) is 5. The lowest BCUT2D eigenvalue weighted by atomic mass is 10.1. The van der Waals surface area contributed by atoms with Crippen LogP contribution in [-0.2, 0) is 9.59 Å². The Labute approximate surface area is 88.1 Å². The molecule has 86 valence electrons. The first-order valence-electron chi connectivity index (χ1n) is 4.54. The number of ketones is 1. The monoisotopic (exact) mass is 216 g/mol. The SMILES string of the molecule is CC(C)C(=O)/C=C/CN(O)CC(=O)NO. The predicted octanol–water partition coefficient (Wildman–Crippen LogP) is -0.0357. The lowest BCUT2D eigenvalue weighted by Crippen LogP contribution is -2.33. The van der Waals surface area contributed by atoms with Gasteiger partial charge in [0.25, 0.3) is 5.91 Å². The molecule has 0 fully saturated rings. The van der Waals surface area contributed by atoms with Crippen molar-refractivity contribution in [3.63, 3.8) is 0 Å². The average Bonchev–Trinajstić information content (AvgIpc) is 2.17. The van der Waals surface area contributed by atoms with E-state index in [-0.39, 0.29) is 24.8 Å². The summed E-state index contributed by atoms with van der Waals surface area (Å²) in [6, 6.07) is 0. The van der Waals surface area contributed by atoms with Gasteiger partial charge in [-0.3, -0.25) is 14.8 Å². The fourth-order valence-corrected chi connectivity index (χ4v) is 0.749. The number of carbonyl (C=O) groups is 2. The van der Waals surface area contributed by atoms with Crippen LogP contribution < -0.4 is 5.48 Å².